The van der Waals surface area contributed by atoms with Crippen LogP contribution in [0.2, 0.25) is 0 Å². The third kappa shape index (κ3) is 5.20. The minimum absolute atomic E-state index is 0.454. The van der Waals surface area contributed by atoms with E-state index in [2.05, 4.69) is 9.98 Å². The molecule has 0 aliphatic rings. The molecule has 0 aliphatic heterocycles. The summed E-state index contributed by atoms with van der Waals surface area (Å²) in [6, 6.07) is 23.2. The van der Waals surface area contributed by atoms with Crippen LogP contribution >= 0.6 is 0 Å². The number of fused-ring (bicyclic) bond motifs is 1. The van der Waals surface area contributed by atoms with E-state index in [1.54, 1.807) is 14.1 Å². The van der Waals surface area contributed by atoms with Crippen LogP contribution in [0.4, 0.5) is 0 Å². The van der Waals surface area contributed by atoms with Gasteiger partial charge in [0.15, 0.2) is 0 Å². The number of nitrogens with two attached hydrogens (primary N) is 2. The summed E-state index contributed by atoms with van der Waals surface area (Å²) in [5, 5.41) is 0.980. The normalized spacial score (nSPS) is 12.2. The van der Waals surface area contributed by atoms with Crippen LogP contribution in [-0.2, 0) is 0 Å². The van der Waals surface area contributed by atoms with Gasteiger partial charge in [0.1, 0.15) is 34.5 Å². The van der Waals surface area contributed by atoms with E-state index >= 15 is 0 Å². The van der Waals surface area contributed by atoms with Gasteiger partial charge in [-0.1, -0.05) is 12.1 Å². The van der Waals surface area contributed by atoms with Crippen molar-refractivity contribution in [3.63, 3.8) is 0 Å². The molecule has 7 nitrogen and oxygen atoms in total. The van der Waals surface area contributed by atoms with Crippen molar-refractivity contribution < 1.29 is 13.9 Å². The summed E-state index contributed by atoms with van der Waals surface area (Å²) in [4.78, 5) is 8.07. The largest absolute Gasteiger partial charge is 0.493 e. The van der Waals surface area contributed by atoms with Crippen LogP contribution in [0.25, 0.3) is 22.3 Å². The van der Waals surface area contributed by atoms with E-state index in [1.807, 2.05) is 72.8 Å². The smallest absolute Gasteiger partial charge is 0.135 e. The minimum Gasteiger partial charge on any atom is -0.493 e. The van der Waals surface area contributed by atoms with Crippen LogP contribution in [0.5, 0.6) is 11.5 Å². The fourth-order valence-electron chi connectivity index (χ4n) is 3.55. The van der Waals surface area contributed by atoms with Crippen molar-refractivity contribution in [3.8, 4) is 22.8 Å². The van der Waals surface area contributed by atoms with Crippen LogP contribution in [0, 0.1) is 0 Å². The third-order valence-corrected chi connectivity index (χ3v) is 5.41. The fraction of sp³-hybridized carbons (Fsp3) is 0.185. The molecule has 4 rings (SSSR count). The molecule has 3 aromatic carbocycles. The lowest BCUT2D eigenvalue weighted by Gasteiger charge is -2.11. The van der Waals surface area contributed by atoms with E-state index in [-0.39, 0.29) is 0 Å². The topological polar surface area (TPSA) is 108 Å². The summed E-state index contributed by atoms with van der Waals surface area (Å²) in [6.07, 6.45) is 0.732. The molecule has 0 amide bonds. The average molecular weight is 457 g/mol. The Hall–Kier alpha value is -4.26. The van der Waals surface area contributed by atoms with Crippen molar-refractivity contribution in [3.05, 3.63) is 83.9 Å². The molecule has 0 spiro atoms. The molecule has 0 atom stereocenters. The maximum Gasteiger partial charge on any atom is 0.135 e. The molecule has 1 aromatic heterocycles. The summed E-state index contributed by atoms with van der Waals surface area (Å²) in [7, 11) is 3.34. The highest BCUT2D eigenvalue weighted by atomic mass is 16.5. The van der Waals surface area contributed by atoms with Gasteiger partial charge in [0, 0.05) is 37.0 Å². The Morgan fingerprint density at radius 2 is 1.56 bits per heavy atom. The lowest BCUT2D eigenvalue weighted by atomic mass is 10.1. The van der Waals surface area contributed by atoms with Gasteiger partial charge in [-0.15, -0.1) is 0 Å². The molecule has 0 unspecified atom stereocenters. The molecular formula is C27H28N4O3. The maximum absolute atomic E-state index is 6.00. The summed E-state index contributed by atoms with van der Waals surface area (Å²) in [5.41, 5.74) is 15.3. The van der Waals surface area contributed by atoms with Gasteiger partial charge in [-0.3, -0.25) is 9.98 Å². The molecule has 0 radical (unpaired) electrons. The quantitative estimate of drug-likeness (QED) is 0.217. The van der Waals surface area contributed by atoms with Gasteiger partial charge in [-0.25, -0.2) is 0 Å². The molecular weight excluding hydrogens is 428 g/mol. The van der Waals surface area contributed by atoms with Crippen LogP contribution < -0.4 is 20.9 Å². The average Bonchev–Trinajstić information content (AvgIpc) is 3.31. The zero-order valence-corrected chi connectivity index (χ0v) is 19.3. The number of rotatable bonds is 9. The molecule has 1 heterocycles. The van der Waals surface area contributed by atoms with Gasteiger partial charge in [-0.05, 0) is 60.7 Å². The molecule has 174 valence electrons. The zero-order valence-electron chi connectivity index (χ0n) is 19.3. The lowest BCUT2D eigenvalue weighted by molar-refractivity contribution is 0.247. The highest BCUT2D eigenvalue weighted by Gasteiger charge is 2.09. The highest BCUT2D eigenvalue weighted by molar-refractivity contribution is 6.01. The number of benzene rings is 3. The first kappa shape index (κ1) is 22.9. The van der Waals surface area contributed by atoms with Crippen molar-refractivity contribution in [2.75, 3.05) is 27.3 Å². The Morgan fingerprint density at radius 3 is 2.32 bits per heavy atom. The predicted molar refractivity (Wildman–Crippen MR) is 137 cm³/mol. The van der Waals surface area contributed by atoms with Crippen molar-refractivity contribution in [1.29, 1.82) is 0 Å². The summed E-state index contributed by atoms with van der Waals surface area (Å²) >= 11 is 0. The first-order valence-electron chi connectivity index (χ1n) is 11.0. The van der Waals surface area contributed by atoms with E-state index in [9.17, 15) is 0 Å². The third-order valence-electron chi connectivity index (χ3n) is 5.41. The number of ether oxygens (including phenoxy) is 2. The number of para-hydroxylation sites is 1. The monoisotopic (exact) mass is 456 g/mol. The predicted octanol–water partition coefficient (Wildman–Crippen LogP) is 4.62. The maximum atomic E-state index is 6.00. The van der Waals surface area contributed by atoms with Crippen LogP contribution in [0.15, 0.2) is 87.2 Å². The van der Waals surface area contributed by atoms with Crippen molar-refractivity contribution in [2.45, 2.75) is 6.42 Å². The van der Waals surface area contributed by atoms with Crippen LogP contribution in [0.3, 0.4) is 0 Å². The molecule has 7 heteroatoms. The Kier molecular flexibility index (Phi) is 7.13. The van der Waals surface area contributed by atoms with Gasteiger partial charge < -0.3 is 25.4 Å². The molecule has 0 fully saturated rings. The van der Waals surface area contributed by atoms with Crippen molar-refractivity contribution in [2.24, 2.45) is 21.5 Å². The first-order chi connectivity index (χ1) is 16.6. The lowest BCUT2D eigenvalue weighted by Crippen LogP contribution is -2.15. The van der Waals surface area contributed by atoms with Gasteiger partial charge in [0.2, 0.25) is 0 Å². The molecule has 0 bridgehead atoms. The Morgan fingerprint density at radius 1 is 0.824 bits per heavy atom. The molecule has 4 aromatic rings. The van der Waals surface area contributed by atoms with E-state index in [0.717, 1.165) is 51.3 Å². The first-order valence-corrected chi connectivity index (χ1v) is 11.0. The zero-order chi connectivity index (χ0) is 23.9. The summed E-state index contributed by atoms with van der Waals surface area (Å²) < 4.78 is 17.7. The Labute approximate surface area is 198 Å². The van der Waals surface area contributed by atoms with Gasteiger partial charge in [-0.2, -0.15) is 0 Å². The van der Waals surface area contributed by atoms with Gasteiger partial charge >= 0.3 is 0 Å². The number of aliphatic imine (C=N–C) groups is 2. The standard InChI is InChI=1S/C27H28N4O3/c1-30-26(28)19-10-13-23-20(16-19)17-25(34-23)18-8-11-21(12-9-18)32-14-5-15-33-24-7-4-3-6-22(24)27(29)31-2/h3-4,6-13,16-17H,5,14-15H2,1-2H3,(H2,28,30)(H2,29,31). The summed E-state index contributed by atoms with van der Waals surface area (Å²) in [6.45, 7) is 1.05. The van der Waals surface area contributed by atoms with Crippen LogP contribution in [-0.4, -0.2) is 39.0 Å². The van der Waals surface area contributed by atoms with E-state index < -0.39 is 0 Å². The molecule has 34 heavy (non-hydrogen) atoms. The molecule has 0 aliphatic carbocycles. The fourth-order valence-corrected chi connectivity index (χ4v) is 3.55. The van der Waals surface area contributed by atoms with Crippen molar-refractivity contribution >= 4 is 22.6 Å². The number of amidine groups is 2. The SMILES string of the molecule is CN=C(N)c1ccc2oc(-c3ccc(OCCCOc4ccccc4C(N)=NC)cc3)cc2c1. The summed E-state index contributed by atoms with van der Waals surface area (Å²) in [5.74, 6) is 3.25. The number of hydrogen-bond donors (Lipinski definition) is 2. The minimum atomic E-state index is 0.454. The second-order valence-corrected chi connectivity index (χ2v) is 7.65. The number of furan rings is 1. The second-order valence-electron chi connectivity index (χ2n) is 7.65. The molecule has 4 N–H and O–H groups in total. The van der Waals surface area contributed by atoms with E-state index in [4.69, 9.17) is 25.4 Å². The van der Waals surface area contributed by atoms with E-state index in [0.29, 0.717) is 24.9 Å². The van der Waals surface area contributed by atoms with Crippen molar-refractivity contribution in [1.82, 2.24) is 0 Å². The van der Waals surface area contributed by atoms with E-state index in [1.165, 1.54) is 0 Å². The van der Waals surface area contributed by atoms with Crippen LogP contribution in [0.1, 0.15) is 17.5 Å². The van der Waals surface area contributed by atoms with Gasteiger partial charge in [0.05, 0.1) is 18.8 Å². The highest BCUT2D eigenvalue weighted by Crippen LogP contribution is 2.29. The van der Waals surface area contributed by atoms with Gasteiger partial charge in [0.25, 0.3) is 0 Å². The number of nitrogens with zero attached hydrogens (tertiary/aromatic N) is 2. The Balaban J connectivity index is 1.32. The molecule has 0 saturated carbocycles. The number of hydrogen-bond acceptors (Lipinski definition) is 5. The second kappa shape index (κ2) is 10.6. The molecule has 0 saturated heterocycles. The Bertz CT molecular complexity index is 1320.